The Kier molecular flexibility index (Phi) is 7.06. The number of anilines is 1. The first-order chi connectivity index (χ1) is 14.0. The Balaban J connectivity index is 1.41. The van der Waals surface area contributed by atoms with Crippen LogP contribution in [0.5, 0.6) is 5.75 Å². The van der Waals surface area contributed by atoms with Gasteiger partial charge in [0, 0.05) is 12.2 Å². The van der Waals surface area contributed by atoms with Crippen LogP contribution in [-0.2, 0) is 11.2 Å². The van der Waals surface area contributed by atoms with Crippen LogP contribution in [0.4, 0.5) is 15.3 Å². The Labute approximate surface area is 178 Å². The Bertz CT molecular complexity index is 877. The number of benzene rings is 2. The van der Waals surface area contributed by atoms with E-state index in [0.717, 1.165) is 11.3 Å². The molecule has 1 fully saturated rings. The van der Waals surface area contributed by atoms with Gasteiger partial charge in [-0.25, -0.2) is 9.59 Å². The monoisotopic (exact) mass is 437 g/mol. The van der Waals surface area contributed by atoms with Crippen molar-refractivity contribution >= 4 is 41.0 Å². The molecule has 2 N–H and O–H groups in total. The fourth-order valence-electron chi connectivity index (χ4n) is 2.87. The maximum atomic E-state index is 12.1. The maximum absolute atomic E-state index is 12.1. The largest absolute Gasteiger partial charge is 0.497 e. The van der Waals surface area contributed by atoms with Crippen LogP contribution >= 0.6 is 23.2 Å². The van der Waals surface area contributed by atoms with E-state index in [1.54, 1.807) is 25.3 Å². The Morgan fingerprint density at radius 3 is 2.62 bits per heavy atom. The topological polar surface area (TPSA) is 79.9 Å². The molecule has 1 atom stereocenters. The smallest absolute Gasteiger partial charge is 0.414 e. The molecule has 0 radical (unpaired) electrons. The van der Waals surface area contributed by atoms with Crippen molar-refractivity contribution in [2.45, 2.75) is 12.5 Å². The first-order valence-electron chi connectivity index (χ1n) is 9.04. The van der Waals surface area contributed by atoms with Gasteiger partial charge in [0.05, 0.1) is 30.2 Å². The van der Waals surface area contributed by atoms with Crippen LogP contribution in [0.1, 0.15) is 5.56 Å². The predicted molar refractivity (Wildman–Crippen MR) is 112 cm³/mol. The van der Waals surface area contributed by atoms with Gasteiger partial charge in [0.15, 0.2) is 0 Å². The molecule has 0 aliphatic carbocycles. The third-order valence-electron chi connectivity index (χ3n) is 4.44. The lowest BCUT2D eigenvalue weighted by Crippen LogP contribution is -2.41. The van der Waals surface area contributed by atoms with Crippen molar-refractivity contribution in [1.29, 1.82) is 0 Å². The Morgan fingerprint density at radius 1 is 1.17 bits per heavy atom. The van der Waals surface area contributed by atoms with E-state index in [2.05, 4.69) is 10.6 Å². The predicted octanol–water partition coefficient (Wildman–Crippen LogP) is 3.87. The van der Waals surface area contributed by atoms with Crippen molar-refractivity contribution in [3.8, 4) is 5.75 Å². The number of cyclic esters (lactones) is 1. The number of hydrogen-bond donors (Lipinski definition) is 2. The van der Waals surface area contributed by atoms with Gasteiger partial charge in [0.2, 0.25) is 0 Å². The number of ether oxygens (including phenoxy) is 2. The van der Waals surface area contributed by atoms with Crippen LogP contribution in [0.3, 0.4) is 0 Å². The molecule has 29 heavy (non-hydrogen) atoms. The lowest BCUT2D eigenvalue weighted by molar-refractivity contribution is 0.140. The number of rotatable bonds is 7. The molecule has 0 unspecified atom stereocenters. The number of halogens is 2. The van der Waals surface area contributed by atoms with Crippen LogP contribution in [-0.4, -0.2) is 45.0 Å². The number of nitrogens with one attached hydrogen (secondary N) is 2. The minimum atomic E-state index is -0.491. The van der Waals surface area contributed by atoms with E-state index in [1.807, 2.05) is 24.3 Å². The highest BCUT2D eigenvalue weighted by atomic mass is 35.5. The van der Waals surface area contributed by atoms with Gasteiger partial charge in [-0.2, -0.15) is 0 Å². The number of urea groups is 1. The average Bonchev–Trinajstić information content (AvgIpc) is 3.09. The third kappa shape index (κ3) is 5.68. The van der Waals surface area contributed by atoms with Crippen molar-refractivity contribution in [3.63, 3.8) is 0 Å². The van der Waals surface area contributed by atoms with Crippen LogP contribution in [0.15, 0.2) is 42.5 Å². The second kappa shape index (κ2) is 9.71. The van der Waals surface area contributed by atoms with E-state index < -0.39 is 12.2 Å². The number of amides is 3. The van der Waals surface area contributed by atoms with Crippen LogP contribution in [0, 0.1) is 0 Å². The van der Waals surface area contributed by atoms with Crippen molar-refractivity contribution in [3.05, 3.63) is 58.1 Å². The molecule has 0 bridgehead atoms. The highest BCUT2D eigenvalue weighted by Crippen LogP contribution is 2.29. The zero-order valence-corrected chi connectivity index (χ0v) is 17.3. The van der Waals surface area contributed by atoms with Gasteiger partial charge in [0.25, 0.3) is 0 Å². The third-order valence-corrected chi connectivity index (χ3v) is 5.18. The number of carbonyl (C=O) groups is 2. The van der Waals surface area contributed by atoms with Gasteiger partial charge in [-0.15, -0.1) is 0 Å². The minimum Gasteiger partial charge on any atom is -0.497 e. The molecule has 0 spiro atoms. The molecular formula is C20H21Cl2N3O4. The van der Waals surface area contributed by atoms with E-state index in [4.69, 9.17) is 32.7 Å². The fraction of sp³-hybridized carbons (Fsp3) is 0.300. The van der Waals surface area contributed by atoms with Crippen LogP contribution in [0.25, 0.3) is 0 Å². The molecule has 3 amide bonds. The molecule has 7 nitrogen and oxygen atoms in total. The second-order valence-corrected chi connectivity index (χ2v) is 7.26. The number of nitrogens with zero attached hydrogens (tertiary/aromatic N) is 1. The summed E-state index contributed by atoms with van der Waals surface area (Å²) in [5.41, 5.74) is 1.68. The van der Waals surface area contributed by atoms with Gasteiger partial charge in [-0.05, 0) is 42.3 Å². The summed E-state index contributed by atoms with van der Waals surface area (Å²) in [6.45, 7) is 0.999. The van der Waals surface area contributed by atoms with Gasteiger partial charge in [-0.3, -0.25) is 4.90 Å². The molecule has 0 saturated carbocycles. The first-order valence-corrected chi connectivity index (χ1v) is 9.79. The number of hydrogen-bond acceptors (Lipinski definition) is 4. The Hall–Kier alpha value is -2.64. The first kappa shape index (κ1) is 21.1. The standard InChI is InChI=1S/C20H21Cl2N3O4/c1-28-15-5-2-13(3-6-15)8-9-23-19(26)24-11-16-12-25(20(27)29-16)14-4-7-17(21)18(22)10-14/h2-7,10,16H,8-9,11-12H2,1H3,(H2,23,24,26)/t16-/m0/s1. The molecule has 2 aromatic rings. The van der Waals surface area contributed by atoms with Crippen LogP contribution < -0.4 is 20.3 Å². The zero-order valence-electron chi connectivity index (χ0n) is 15.8. The molecule has 1 aliphatic rings. The van der Waals surface area contributed by atoms with Crippen LogP contribution in [0.2, 0.25) is 10.0 Å². The second-order valence-electron chi connectivity index (χ2n) is 6.45. The van der Waals surface area contributed by atoms with Crippen molar-refractivity contribution in [2.75, 3.05) is 31.6 Å². The van der Waals surface area contributed by atoms with Gasteiger partial charge < -0.3 is 20.1 Å². The molecule has 1 heterocycles. The Morgan fingerprint density at radius 2 is 1.93 bits per heavy atom. The molecule has 0 aromatic heterocycles. The van der Waals surface area contributed by atoms with E-state index in [0.29, 0.717) is 35.2 Å². The molecule has 9 heteroatoms. The number of methoxy groups -OCH3 is 1. The van der Waals surface area contributed by atoms with Crippen molar-refractivity contribution in [1.82, 2.24) is 10.6 Å². The summed E-state index contributed by atoms with van der Waals surface area (Å²) in [5.74, 6) is 0.792. The summed E-state index contributed by atoms with van der Waals surface area (Å²) in [6, 6.07) is 12.3. The van der Waals surface area contributed by atoms with E-state index in [-0.39, 0.29) is 12.6 Å². The summed E-state index contributed by atoms with van der Waals surface area (Å²) in [5, 5.41) is 6.27. The highest BCUT2D eigenvalue weighted by molar-refractivity contribution is 6.42. The molecule has 1 aliphatic heterocycles. The molecule has 2 aromatic carbocycles. The van der Waals surface area contributed by atoms with Crippen molar-refractivity contribution < 1.29 is 19.1 Å². The van der Waals surface area contributed by atoms with E-state index in [1.165, 1.54) is 4.90 Å². The van der Waals surface area contributed by atoms with E-state index >= 15 is 0 Å². The average molecular weight is 438 g/mol. The van der Waals surface area contributed by atoms with Gasteiger partial charge in [0.1, 0.15) is 11.9 Å². The normalized spacial score (nSPS) is 15.8. The quantitative estimate of drug-likeness (QED) is 0.688. The molecule has 3 rings (SSSR count). The molecular weight excluding hydrogens is 417 g/mol. The minimum absolute atomic E-state index is 0.206. The summed E-state index contributed by atoms with van der Waals surface area (Å²) >= 11 is 11.9. The van der Waals surface area contributed by atoms with Crippen molar-refractivity contribution in [2.24, 2.45) is 0 Å². The summed E-state index contributed by atoms with van der Waals surface area (Å²) in [4.78, 5) is 25.5. The van der Waals surface area contributed by atoms with Gasteiger partial charge in [-0.1, -0.05) is 35.3 Å². The van der Waals surface area contributed by atoms with E-state index in [9.17, 15) is 9.59 Å². The lowest BCUT2D eigenvalue weighted by Gasteiger charge is -2.14. The summed E-state index contributed by atoms with van der Waals surface area (Å²) in [7, 11) is 1.62. The fourth-order valence-corrected chi connectivity index (χ4v) is 3.17. The maximum Gasteiger partial charge on any atom is 0.414 e. The highest BCUT2D eigenvalue weighted by Gasteiger charge is 2.32. The lowest BCUT2D eigenvalue weighted by atomic mass is 10.1. The number of carbonyl (C=O) groups excluding carboxylic acids is 2. The zero-order chi connectivity index (χ0) is 20.8. The summed E-state index contributed by atoms with van der Waals surface area (Å²) in [6.07, 6.45) is -0.250. The molecule has 154 valence electrons. The molecule has 1 saturated heterocycles. The summed E-state index contributed by atoms with van der Waals surface area (Å²) < 4.78 is 10.4. The van der Waals surface area contributed by atoms with Gasteiger partial charge >= 0.3 is 12.1 Å². The SMILES string of the molecule is COc1ccc(CCNC(=O)NC[C@H]2CN(c3ccc(Cl)c(Cl)c3)C(=O)O2)cc1.